The lowest BCUT2D eigenvalue weighted by atomic mass is 9.41. The molecule has 0 amide bonds. The van der Waals surface area contributed by atoms with E-state index in [0.717, 1.165) is 24.8 Å². The number of carbonyl (C=O) groups is 3. The van der Waals surface area contributed by atoms with Crippen LogP contribution < -0.4 is 0 Å². The maximum absolute atomic E-state index is 13.7. The lowest BCUT2D eigenvalue weighted by Gasteiger charge is -2.60. The summed E-state index contributed by atoms with van der Waals surface area (Å²) in [5.41, 5.74) is -0.310. The molecule has 0 radical (unpaired) electrons. The van der Waals surface area contributed by atoms with Crippen LogP contribution in [-0.4, -0.2) is 17.3 Å². The van der Waals surface area contributed by atoms with Crippen LogP contribution in [0, 0.1) is 45.8 Å². The lowest BCUT2D eigenvalue weighted by molar-refractivity contribution is -0.164. The van der Waals surface area contributed by atoms with Gasteiger partial charge in [0.2, 0.25) is 0 Å². The third-order valence-corrected chi connectivity index (χ3v) is 10.3. The molecule has 0 aliphatic heterocycles. The van der Waals surface area contributed by atoms with Crippen LogP contribution in [0.5, 0.6) is 0 Å². The average Bonchev–Trinajstić information content (AvgIpc) is 3.03. The van der Waals surface area contributed by atoms with Gasteiger partial charge in [-0.15, -0.1) is 0 Å². The van der Waals surface area contributed by atoms with E-state index in [1.54, 1.807) is 6.08 Å². The maximum atomic E-state index is 13.7. The molecule has 1 spiro atoms. The van der Waals surface area contributed by atoms with Gasteiger partial charge in [0.25, 0.3) is 0 Å². The van der Waals surface area contributed by atoms with Crippen molar-refractivity contribution in [3.05, 3.63) is 23.8 Å². The van der Waals surface area contributed by atoms with Crippen LogP contribution in [0.2, 0.25) is 0 Å². The normalized spacial score (nSPS) is 42.3. The Morgan fingerprint density at radius 3 is 2.35 bits per heavy atom. The molecule has 4 aliphatic rings. The first-order valence-corrected chi connectivity index (χ1v) is 12.5. The SMILES string of the molecule is CC(C)[C@H](C)/C=C/C(C)[C@H]1CCC(=O)[C@]23CC(=O)C4=CC(=O)CC[C@]4(C)[C@H]2CC[C@]13C. The molecule has 4 aliphatic carbocycles. The minimum absolute atomic E-state index is 0.0607. The van der Waals surface area contributed by atoms with Gasteiger partial charge in [0, 0.05) is 35.7 Å². The number of ketones is 3. The third kappa shape index (κ3) is 3.09. The Morgan fingerprint density at radius 1 is 0.968 bits per heavy atom. The van der Waals surface area contributed by atoms with Crippen molar-refractivity contribution in [2.45, 2.75) is 86.5 Å². The van der Waals surface area contributed by atoms with Crippen molar-refractivity contribution < 1.29 is 14.4 Å². The number of allylic oxidation sites excluding steroid dienone is 4. The summed E-state index contributed by atoms with van der Waals surface area (Å²) in [6.07, 6.45) is 11.4. The van der Waals surface area contributed by atoms with E-state index in [-0.39, 0.29) is 28.3 Å². The summed E-state index contributed by atoms with van der Waals surface area (Å²) < 4.78 is 0. The average molecular weight is 425 g/mol. The summed E-state index contributed by atoms with van der Waals surface area (Å²) in [7, 11) is 0. The van der Waals surface area contributed by atoms with E-state index in [1.165, 1.54) is 0 Å². The molecule has 3 nitrogen and oxygen atoms in total. The molecule has 0 bridgehead atoms. The zero-order valence-electron chi connectivity index (χ0n) is 20.3. The van der Waals surface area contributed by atoms with E-state index in [1.807, 2.05) is 0 Å². The maximum Gasteiger partial charge on any atom is 0.160 e. The van der Waals surface area contributed by atoms with Gasteiger partial charge in [-0.05, 0) is 66.8 Å². The summed E-state index contributed by atoms with van der Waals surface area (Å²) in [4.78, 5) is 39.3. The van der Waals surface area contributed by atoms with Crippen LogP contribution in [0.4, 0.5) is 0 Å². The molecule has 3 heteroatoms. The molecule has 31 heavy (non-hydrogen) atoms. The Bertz CT molecular complexity index is 863. The van der Waals surface area contributed by atoms with Crippen molar-refractivity contribution in [1.29, 1.82) is 0 Å². The minimum atomic E-state index is -0.550. The molecular weight excluding hydrogens is 384 g/mol. The van der Waals surface area contributed by atoms with Gasteiger partial charge in [-0.25, -0.2) is 0 Å². The van der Waals surface area contributed by atoms with Gasteiger partial charge >= 0.3 is 0 Å². The lowest BCUT2D eigenvalue weighted by Crippen LogP contribution is -2.61. The molecule has 1 unspecified atom stereocenters. The largest absolute Gasteiger partial charge is 0.299 e. The van der Waals surface area contributed by atoms with Gasteiger partial charge in [-0.1, -0.05) is 53.7 Å². The summed E-state index contributed by atoms with van der Waals surface area (Å²) in [5, 5.41) is 0. The minimum Gasteiger partial charge on any atom is -0.299 e. The van der Waals surface area contributed by atoms with Crippen molar-refractivity contribution in [3.63, 3.8) is 0 Å². The van der Waals surface area contributed by atoms with Crippen molar-refractivity contribution in [2.24, 2.45) is 45.8 Å². The molecular formula is C28H40O3. The van der Waals surface area contributed by atoms with Crippen LogP contribution in [0.15, 0.2) is 23.8 Å². The van der Waals surface area contributed by atoms with Crippen LogP contribution in [0.1, 0.15) is 86.5 Å². The topological polar surface area (TPSA) is 51.2 Å². The van der Waals surface area contributed by atoms with Crippen molar-refractivity contribution in [2.75, 3.05) is 0 Å². The fourth-order valence-corrected chi connectivity index (χ4v) is 8.03. The molecule has 4 rings (SSSR count). The van der Waals surface area contributed by atoms with Gasteiger partial charge < -0.3 is 0 Å². The number of Topliss-reactive ketones (excluding diaryl/α,β-unsaturated/α-hetero) is 2. The highest BCUT2D eigenvalue weighted by Gasteiger charge is 2.72. The highest BCUT2D eigenvalue weighted by molar-refractivity contribution is 6.08. The van der Waals surface area contributed by atoms with Crippen molar-refractivity contribution >= 4 is 17.3 Å². The fourth-order valence-electron chi connectivity index (χ4n) is 8.03. The molecule has 3 fully saturated rings. The highest BCUT2D eigenvalue weighted by Crippen LogP contribution is 2.73. The number of carbonyl (C=O) groups excluding carboxylic acids is 3. The second-order valence-electron chi connectivity index (χ2n) is 11.9. The molecule has 0 aromatic carbocycles. The monoisotopic (exact) mass is 424 g/mol. The second kappa shape index (κ2) is 7.52. The first-order chi connectivity index (χ1) is 14.5. The highest BCUT2D eigenvalue weighted by atomic mass is 16.1. The van der Waals surface area contributed by atoms with Gasteiger partial charge in [0.15, 0.2) is 11.6 Å². The molecule has 7 atom stereocenters. The Hall–Kier alpha value is -1.51. The zero-order valence-corrected chi connectivity index (χ0v) is 20.3. The number of hydrogen-bond donors (Lipinski definition) is 0. The molecule has 3 saturated carbocycles. The van der Waals surface area contributed by atoms with Gasteiger partial charge in [0.05, 0.1) is 0 Å². The van der Waals surface area contributed by atoms with Crippen molar-refractivity contribution in [3.8, 4) is 0 Å². The van der Waals surface area contributed by atoms with E-state index in [0.29, 0.717) is 55.1 Å². The smallest absolute Gasteiger partial charge is 0.160 e. The molecule has 0 saturated heterocycles. The fraction of sp³-hybridized carbons (Fsp3) is 0.750. The van der Waals surface area contributed by atoms with E-state index in [9.17, 15) is 14.4 Å². The summed E-state index contributed by atoms with van der Waals surface area (Å²) in [6.45, 7) is 13.6. The number of hydrogen-bond acceptors (Lipinski definition) is 3. The first-order valence-electron chi connectivity index (χ1n) is 12.5. The zero-order chi connectivity index (χ0) is 22.8. The molecule has 0 aromatic rings. The van der Waals surface area contributed by atoms with Crippen LogP contribution >= 0.6 is 0 Å². The summed E-state index contributed by atoms with van der Waals surface area (Å²) >= 11 is 0. The van der Waals surface area contributed by atoms with Gasteiger partial charge in [0.1, 0.15) is 5.78 Å². The molecule has 0 N–H and O–H groups in total. The Kier molecular flexibility index (Phi) is 5.50. The van der Waals surface area contributed by atoms with Crippen molar-refractivity contribution in [1.82, 2.24) is 0 Å². The number of fused-ring (bicyclic) bond motifs is 2. The van der Waals surface area contributed by atoms with Gasteiger partial charge in [-0.2, -0.15) is 0 Å². The van der Waals surface area contributed by atoms with Crippen LogP contribution in [-0.2, 0) is 14.4 Å². The van der Waals surface area contributed by atoms with Crippen LogP contribution in [0.3, 0.4) is 0 Å². The number of rotatable bonds is 4. The molecule has 170 valence electrons. The molecule has 0 aromatic heterocycles. The predicted octanol–water partition coefficient (Wildman–Crippen LogP) is 6.12. The van der Waals surface area contributed by atoms with E-state index in [4.69, 9.17) is 0 Å². The quantitative estimate of drug-likeness (QED) is 0.511. The Morgan fingerprint density at radius 2 is 1.68 bits per heavy atom. The van der Waals surface area contributed by atoms with E-state index >= 15 is 0 Å². The summed E-state index contributed by atoms with van der Waals surface area (Å²) in [6, 6.07) is 0. The summed E-state index contributed by atoms with van der Waals surface area (Å²) in [5.74, 6) is 2.60. The Labute approximate surface area is 188 Å². The Balaban J connectivity index is 1.74. The van der Waals surface area contributed by atoms with Crippen LogP contribution in [0.25, 0.3) is 0 Å². The van der Waals surface area contributed by atoms with E-state index < -0.39 is 5.41 Å². The van der Waals surface area contributed by atoms with Gasteiger partial charge in [-0.3, -0.25) is 14.4 Å². The molecule has 0 heterocycles. The standard InChI is InChI=1S/C28H40O3/c1-17(2)18(3)7-8-19(4)21-9-10-25(31)28-16-23(30)22-15-20(29)11-13-26(22,5)24(28)12-14-27(21,28)6/h7-8,15,17-19,21,24H,9-14,16H2,1-6H3/b8-7+/t18-,19?,21-,24-,26+,27-,28+/m1/s1. The predicted molar refractivity (Wildman–Crippen MR) is 123 cm³/mol. The first kappa shape index (κ1) is 22.7. The van der Waals surface area contributed by atoms with E-state index in [2.05, 4.69) is 53.7 Å². The second-order valence-corrected chi connectivity index (χ2v) is 11.9. The third-order valence-electron chi connectivity index (χ3n) is 10.3.